The fourth-order valence-electron chi connectivity index (χ4n) is 3.62. The number of phenols is 1. The van der Waals surface area contributed by atoms with Gasteiger partial charge in [0.1, 0.15) is 28.6 Å². The zero-order valence-corrected chi connectivity index (χ0v) is 22.3. The zero-order valence-electron chi connectivity index (χ0n) is 19.1. The lowest BCUT2D eigenvalue weighted by atomic mass is 9.98. The number of unbranched alkanes of at least 4 members (excludes halogenated alkanes) is 2. The maximum Gasteiger partial charge on any atom is 0.311 e. The maximum absolute atomic E-state index is 13.6. The normalized spacial score (nSPS) is 11.1. The van der Waals surface area contributed by atoms with Crippen LogP contribution in [-0.2, 0) is 16.0 Å². The summed E-state index contributed by atoms with van der Waals surface area (Å²) in [6.45, 7) is 3.56. The maximum atomic E-state index is 13.6. The first kappa shape index (κ1) is 26.2. The molecule has 0 saturated carbocycles. The second-order valence-electron chi connectivity index (χ2n) is 8.16. The molecule has 180 valence electrons. The van der Waals surface area contributed by atoms with Crippen molar-refractivity contribution < 1.29 is 28.6 Å². The van der Waals surface area contributed by atoms with Gasteiger partial charge in [0.15, 0.2) is 5.78 Å². The van der Waals surface area contributed by atoms with Gasteiger partial charge in [-0.1, -0.05) is 13.3 Å². The van der Waals surface area contributed by atoms with Gasteiger partial charge < -0.3 is 19.1 Å². The smallest absolute Gasteiger partial charge is 0.311 e. The van der Waals surface area contributed by atoms with Crippen LogP contribution in [0.3, 0.4) is 0 Å². The summed E-state index contributed by atoms with van der Waals surface area (Å²) in [4.78, 5) is 36.9. The van der Waals surface area contributed by atoms with Crippen molar-refractivity contribution in [2.45, 2.75) is 58.8 Å². The van der Waals surface area contributed by atoms with Gasteiger partial charge in [-0.15, -0.1) is 0 Å². The highest BCUT2D eigenvalue weighted by atomic mass is 79.9. The monoisotopic (exact) mass is 592 g/mol. The van der Waals surface area contributed by atoms with Crippen LogP contribution in [0, 0.1) is 0 Å². The molecule has 0 saturated heterocycles. The minimum Gasteiger partial charge on any atom is -0.506 e. The Morgan fingerprint density at radius 2 is 1.71 bits per heavy atom. The van der Waals surface area contributed by atoms with Crippen molar-refractivity contribution in [2.75, 3.05) is 0 Å². The molecule has 0 aliphatic rings. The average Bonchev–Trinajstić information content (AvgIpc) is 3.15. The highest BCUT2D eigenvalue weighted by molar-refractivity contribution is 9.11. The number of benzene rings is 2. The number of ketones is 2. The SMILES string of the molecule is CCCCC(=O)Oc1ccc2c(C(=O)c3cc(Br)c(O)c(Br)c3)c(CCCCC(C)=O)oc2c1. The van der Waals surface area contributed by atoms with E-state index in [1.54, 1.807) is 37.3 Å². The molecule has 0 amide bonds. The number of hydrogen-bond donors (Lipinski definition) is 1. The zero-order chi connectivity index (χ0) is 24.8. The molecule has 1 heterocycles. The Kier molecular flexibility index (Phi) is 9.08. The van der Waals surface area contributed by atoms with Crippen molar-refractivity contribution in [3.8, 4) is 11.5 Å². The molecule has 2 aromatic carbocycles. The summed E-state index contributed by atoms with van der Waals surface area (Å²) in [5, 5.41) is 10.6. The Morgan fingerprint density at radius 1 is 1.00 bits per heavy atom. The van der Waals surface area contributed by atoms with E-state index >= 15 is 0 Å². The Labute approximate surface area is 214 Å². The van der Waals surface area contributed by atoms with Gasteiger partial charge >= 0.3 is 5.97 Å². The summed E-state index contributed by atoms with van der Waals surface area (Å²) in [5.74, 6) is 0.432. The number of aromatic hydroxyl groups is 1. The number of furan rings is 1. The second-order valence-corrected chi connectivity index (χ2v) is 9.87. The van der Waals surface area contributed by atoms with Gasteiger partial charge in [-0.3, -0.25) is 9.59 Å². The van der Waals surface area contributed by atoms with Crippen LogP contribution in [0.25, 0.3) is 11.0 Å². The minimum atomic E-state index is -0.313. The van der Waals surface area contributed by atoms with Gasteiger partial charge in [0.2, 0.25) is 0 Å². The predicted octanol–water partition coefficient (Wildman–Crippen LogP) is 7.29. The first-order valence-corrected chi connectivity index (χ1v) is 12.8. The number of ether oxygens (including phenoxy) is 1. The Bertz CT molecular complexity index is 1200. The number of Topliss-reactive ketones (excluding diaryl/α,β-unsaturated/α-hetero) is 1. The fraction of sp³-hybridized carbons (Fsp3) is 0.346. The molecule has 3 aromatic rings. The fourth-order valence-corrected chi connectivity index (χ4v) is 4.81. The standard InChI is InChI=1S/C26H26Br2O6/c1-3-4-9-23(30)33-17-10-11-18-22(14-17)34-21(8-6-5-7-15(2)29)24(18)25(31)16-12-19(27)26(32)20(28)13-16/h10-14,32H,3-9H2,1-2H3. The van der Waals surface area contributed by atoms with Crippen molar-refractivity contribution in [2.24, 2.45) is 0 Å². The van der Waals surface area contributed by atoms with E-state index in [-0.39, 0.29) is 23.3 Å². The van der Waals surface area contributed by atoms with Crippen LogP contribution in [0.5, 0.6) is 11.5 Å². The summed E-state index contributed by atoms with van der Waals surface area (Å²) in [5.41, 5.74) is 1.24. The van der Waals surface area contributed by atoms with Gasteiger partial charge in [-0.2, -0.15) is 0 Å². The van der Waals surface area contributed by atoms with E-state index in [0.717, 1.165) is 12.8 Å². The number of carbonyl (C=O) groups excluding carboxylic acids is 3. The highest BCUT2D eigenvalue weighted by Crippen LogP contribution is 2.36. The van der Waals surface area contributed by atoms with Crippen LogP contribution in [0.1, 0.15) is 74.1 Å². The minimum absolute atomic E-state index is 0.00703. The number of phenolic OH excluding ortho intramolecular Hbond substituents is 1. The number of aryl methyl sites for hydroxylation is 1. The molecule has 6 nitrogen and oxygen atoms in total. The van der Waals surface area contributed by atoms with Crippen LogP contribution >= 0.6 is 31.9 Å². The predicted molar refractivity (Wildman–Crippen MR) is 137 cm³/mol. The molecule has 1 aromatic heterocycles. The van der Waals surface area contributed by atoms with E-state index in [0.29, 0.717) is 74.7 Å². The third-order valence-electron chi connectivity index (χ3n) is 5.39. The summed E-state index contributed by atoms with van der Waals surface area (Å²) in [6, 6.07) is 8.12. The number of carbonyl (C=O) groups is 3. The topological polar surface area (TPSA) is 93.8 Å². The quantitative estimate of drug-likeness (QED) is 0.109. The summed E-state index contributed by atoms with van der Waals surface area (Å²) in [6.07, 6.45) is 4.31. The number of fused-ring (bicyclic) bond motifs is 1. The van der Waals surface area contributed by atoms with Gasteiger partial charge in [0.25, 0.3) is 0 Å². The molecule has 0 aliphatic heterocycles. The summed E-state index contributed by atoms with van der Waals surface area (Å²) >= 11 is 6.55. The molecule has 34 heavy (non-hydrogen) atoms. The summed E-state index contributed by atoms with van der Waals surface area (Å²) < 4.78 is 12.3. The Balaban J connectivity index is 1.98. The molecular weight excluding hydrogens is 568 g/mol. The van der Waals surface area contributed by atoms with E-state index in [2.05, 4.69) is 31.9 Å². The molecule has 0 spiro atoms. The Hall–Kier alpha value is -2.45. The molecular formula is C26H26Br2O6. The van der Waals surface area contributed by atoms with Gasteiger partial charge in [-0.05, 0) is 82.3 Å². The van der Waals surface area contributed by atoms with Crippen LogP contribution in [0.4, 0.5) is 0 Å². The Morgan fingerprint density at radius 3 is 2.35 bits per heavy atom. The van der Waals surface area contributed by atoms with E-state index < -0.39 is 0 Å². The molecule has 0 fully saturated rings. The lowest BCUT2D eigenvalue weighted by molar-refractivity contribution is -0.134. The molecule has 0 bridgehead atoms. The van der Waals surface area contributed by atoms with E-state index in [9.17, 15) is 19.5 Å². The van der Waals surface area contributed by atoms with E-state index in [4.69, 9.17) is 9.15 Å². The van der Waals surface area contributed by atoms with Gasteiger partial charge in [-0.25, -0.2) is 0 Å². The average molecular weight is 594 g/mol. The highest BCUT2D eigenvalue weighted by Gasteiger charge is 2.24. The van der Waals surface area contributed by atoms with Gasteiger partial charge in [0, 0.05) is 36.3 Å². The number of hydrogen-bond acceptors (Lipinski definition) is 6. The molecule has 0 radical (unpaired) electrons. The largest absolute Gasteiger partial charge is 0.506 e. The molecule has 0 atom stereocenters. The molecule has 3 rings (SSSR count). The van der Waals surface area contributed by atoms with Crippen LogP contribution < -0.4 is 4.74 Å². The van der Waals surface area contributed by atoms with Gasteiger partial charge in [0.05, 0.1) is 14.5 Å². The van der Waals surface area contributed by atoms with Crippen molar-refractivity contribution in [3.05, 3.63) is 56.2 Å². The van der Waals surface area contributed by atoms with Crippen molar-refractivity contribution in [1.29, 1.82) is 0 Å². The molecule has 8 heteroatoms. The van der Waals surface area contributed by atoms with E-state index in [1.165, 1.54) is 0 Å². The number of halogens is 2. The van der Waals surface area contributed by atoms with Crippen LogP contribution in [-0.4, -0.2) is 22.6 Å². The lowest BCUT2D eigenvalue weighted by Gasteiger charge is -2.07. The molecule has 0 aliphatic carbocycles. The van der Waals surface area contributed by atoms with Crippen molar-refractivity contribution >= 4 is 60.4 Å². The van der Waals surface area contributed by atoms with Crippen molar-refractivity contribution in [1.82, 2.24) is 0 Å². The third kappa shape index (κ3) is 6.36. The number of esters is 1. The first-order valence-electron chi connectivity index (χ1n) is 11.2. The van der Waals surface area contributed by atoms with Crippen LogP contribution in [0.2, 0.25) is 0 Å². The van der Waals surface area contributed by atoms with Crippen molar-refractivity contribution in [3.63, 3.8) is 0 Å². The number of rotatable bonds is 11. The third-order valence-corrected chi connectivity index (χ3v) is 6.60. The lowest BCUT2D eigenvalue weighted by Crippen LogP contribution is -2.07. The molecule has 0 unspecified atom stereocenters. The first-order chi connectivity index (χ1) is 16.2. The molecule has 1 N–H and O–H groups in total. The summed E-state index contributed by atoms with van der Waals surface area (Å²) in [7, 11) is 0. The van der Waals surface area contributed by atoms with Crippen LogP contribution in [0.15, 0.2) is 43.7 Å². The second kappa shape index (κ2) is 11.8. The van der Waals surface area contributed by atoms with E-state index in [1.807, 2.05) is 6.92 Å².